The molecule has 0 spiro atoms. The molecule has 0 bridgehead atoms. The standard InChI is InChI=1S/C6H14O3.3C4H6O2.C4H10O/c1-2-6(3-7,4-8)5-9;3*1-3(2)4(5)6;1-2-3-4-5/h7-9H,2-5H2,1H3;3*1H2,2H3,(H,5,6);5H,2-4H2,1H3. The summed E-state index contributed by atoms with van der Waals surface area (Å²) < 4.78 is 0. The van der Waals surface area contributed by atoms with E-state index in [0.29, 0.717) is 13.0 Å². The second-order valence-electron chi connectivity index (χ2n) is 6.66. The van der Waals surface area contributed by atoms with Crippen molar-refractivity contribution in [3.63, 3.8) is 0 Å². The van der Waals surface area contributed by atoms with Gasteiger partial charge in [0, 0.05) is 28.7 Å². The predicted octanol–water partition coefficient (Wildman–Crippen LogP) is 2.08. The maximum absolute atomic E-state index is 9.60. The molecule has 0 aliphatic carbocycles. The zero-order chi connectivity index (χ0) is 26.9. The summed E-state index contributed by atoms with van der Waals surface area (Å²) in [7, 11) is 0. The van der Waals surface area contributed by atoms with E-state index < -0.39 is 23.3 Å². The Morgan fingerprint density at radius 1 is 0.656 bits per heavy atom. The average molecular weight is 467 g/mol. The highest BCUT2D eigenvalue weighted by Crippen LogP contribution is 2.18. The molecule has 0 aliphatic rings. The fourth-order valence-corrected chi connectivity index (χ4v) is 0.644. The molecule has 0 amide bonds. The molecule has 0 saturated carbocycles. The molecule has 0 heterocycles. The minimum atomic E-state index is -0.935. The topological polar surface area (TPSA) is 193 Å². The molecule has 32 heavy (non-hydrogen) atoms. The van der Waals surface area contributed by atoms with Crippen LogP contribution in [0.25, 0.3) is 0 Å². The minimum Gasteiger partial charge on any atom is -0.478 e. The van der Waals surface area contributed by atoms with Crippen LogP contribution in [0.15, 0.2) is 36.5 Å². The Bertz CT molecular complexity index is 436. The van der Waals surface area contributed by atoms with E-state index in [9.17, 15) is 14.4 Å². The van der Waals surface area contributed by atoms with E-state index in [1.54, 1.807) is 0 Å². The van der Waals surface area contributed by atoms with Gasteiger partial charge in [0.25, 0.3) is 0 Å². The van der Waals surface area contributed by atoms with E-state index in [4.69, 9.17) is 35.7 Å². The molecule has 0 aromatic rings. The van der Waals surface area contributed by atoms with Crippen molar-refractivity contribution in [3.05, 3.63) is 36.5 Å². The summed E-state index contributed by atoms with van der Waals surface area (Å²) in [6.45, 7) is 17.6. The highest BCUT2D eigenvalue weighted by Gasteiger charge is 2.24. The van der Waals surface area contributed by atoms with Gasteiger partial charge in [0.15, 0.2) is 0 Å². The third-order valence-electron chi connectivity index (χ3n) is 3.36. The first-order valence-electron chi connectivity index (χ1n) is 9.69. The lowest BCUT2D eigenvalue weighted by Gasteiger charge is -2.24. The number of unbranched alkanes of at least 4 members (excludes halogenated alkanes) is 1. The lowest BCUT2D eigenvalue weighted by molar-refractivity contribution is -0.133. The molecule has 0 aliphatic heterocycles. The summed E-state index contributed by atoms with van der Waals surface area (Å²) in [5.74, 6) is -2.81. The normalized spacial score (nSPS) is 8.91. The maximum atomic E-state index is 9.60. The van der Waals surface area contributed by atoms with Gasteiger partial charge in [0.1, 0.15) is 0 Å². The van der Waals surface area contributed by atoms with Crippen LogP contribution < -0.4 is 0 Å². The molecular weight excluding hydrogens is 424 g/mol. The van der Waals surface area contributed by atoms with Gasteiger partial charge < -0.3 is 35.7 Å². The SMILES string of the molecule is C=C(C)C(=O)O.C=C(C)C(=O)O.C=C(C)C(=O)O.CCC(CO)(CO)CO.CCCCO. The number of aliphatic hydroxyl groups is 4. The second-order valence-corrected chi connectivity index (χ2v) is 6.66. The number of hydrogen-bond donors (Lipinski definition) is 7. The molecule has 190 valence electrons. The maximum Gasteiger partial charge on any atom is 0.330 e. The zero-order valence-electron chi connectivity index (χ0n) is 19.9. The molecule has 7 N–H and O–H groups in total. The molecule has 10 nitrogen and oxygen atoms in total. The van der Waals surface area contributed by atoms with Crippen molar-refractivity contribution in [3.8, 4) is 0 Å². The van der Waals surface area contributed by atoms with E-state index in [1.165, 1.54) is 20.8 Å². The van der Waals surface area contributed by atoms with Gasteiger partial charge in [0.2, 0.25) is 0 Å². The molecule has 0 unspecified atom stereocenters. The molecule has 0 atom stereocenters. The lowest BCUT2D eigenvalue weighted by atomic mass is 9.88. The van der Waals surface area contributed by atoms with Crippen LogP contribution in [0.4, 0.5) is 0 Å². The number of rotatable bonds is 9. The molecule has 0 fully saturated rings. The fraction of sp³-hybridized carbons (Fsp3) is 0.591. The van der Waals surface area contributed by atoms with Crippen molar-refractivity contribution < 1.29 is 50.1 Å². The Labute approximate surface area is 190 Å². The van der Waals surface area contributed by atoms with Gasteiger partial charge in [-0.25, -0.2) is 14.4 Å². The van der Waals surface area contributed by atoms with E-state index >= 15 is 0 Å². The Morgan fingerprint density at radius 3 is 0.875 bits per heavy atom. The van der Waals surface area contributed by atoms with Gasteiger partial charge >= 0.3 is 17.9 Å². The van der Waals surface area contributed by atoms with Crippen LogP contribution in [0.3, 0.4) is 0 Å². The largest absolute Gasteiger partial charge is 0.478 e. The Morgan fingerprint density at radius 2 is 0.875 bits per heavy atom. The number of carboxylic acids is 3. The number of hydrogen-bond acceptors (Lipinski definition) is 7. The van der Waals surface area contributed by atoms with E-state index in [-0.39, 0.29) is 36.5 Å². The van der Waals surface area contributed by atoms with Crippen LogP contribution in [-0.2, 0) is 14.4 Å². The zero-order valence-corrected chi connectivity index (χ0v) is 19.9. The van der Waals surface area contributed by atoms with Crippen molar-refractivity contribution in [2.75, 3.05) is 26.4 Å². The summed E-state index contributed by atoms with van der Waals surface area (Å²) in [6, 6.07) is 0. The molecule has 0 rings (SSSR count). The second kappa shape index (κ2) is 26.5. The Balaban J connectivity index is -0.0000000966. The minimum absolute atomic E-state index is 0.156. The van der Waals surface area contributed by atoms with Crippen LogP contribution in [0.5, 0.6) is 0 Å². The van der Waals surface area contributed by atoms with Crippen LogP contribution in [0.1, 0.15) is 53.9 Å². The third kappa shape index (κ3) is 34.9. The van der Waals surface area contributed by atoms with Crippen LogP contribution in [0.2, 0.25) is 0 Å². The third-order valence-corrected chi connectivity index (χ3v) is 3.36. The highest BCUT2D eigenvalue weighted by molar-refractivity contribution is 5.85. The first kappa shape index (κ1) is 39.9. The predicted molar refractivity (Wildman–Crippen MR) is 123 cm³/mol. The summed E-state index contributed by atoms with van der Waals surface area (Å²) in [5.41, 5.74) is -0.139. The highest BCUT2D eigenvalue weighted by atomic mass is 16.4. The molecule has 0 saturated heterocycles. The first-order valence-corrected chi connectivity index (χ1v) is 9.69. The van der Waals surface area contributed by atoms with Gasteiger partial charge in [-0.3, -0.25) is 0 Å². The fourth-order valence-electron chi connectivity index (χ4n) is 0.644. The lowest BCUT2D eigenvalue weighted by Crippen LogP contribution is -2.32. The van der Waals surface area contributed by atoms with Crippen molar-refractivity contribution in [1.82, 2.24) is 0 Å². The number of carboxylic acid groups (broad SMARTS) is 3. The molecule has 0 aromatic carbocycles. The van der Waals surface area contributed by atoms with E-state index in [2.05, 4.69) is 26.7 Å². The Kier molecular flexibility index (Phi) is 33.0. The smallest absolute Gasteiger partial charge is 0.330 e. The number of aliphatic carboxylic acids is 3. The quantitative estimate of drug-likeness (QED) is 0.247. The van der Waals surface area contributed by atoms with Crippen molar-refractivity contribution in [1.29, 1.82) is 0 Å². The van der Waals surface area contributed by atoms with Gasteiger partial charge in [-0.05, 0) is 33.6 Å². The van der Waals surface area contributed by atoms with Gasteiger partial charge in [-0.15, -0.1) is 0 Å². The van der Waals surface area contributed by atoms with Gasteiger partial charge in [0.05, 0.1) is 19.8 Å². The van der Waals surface area contributed by atoms with Crippen LogP contribution in [0, 0.1) is 5.41 Å². The summed E-state index contributed by atoms with van der Waals surface area (Å²) in [4.78, 5) is 28.8. The van der Waals surface area contributed by atoms with Crippen molar-refractivity contribution in [2.45, 2.75) is 53.9 Å². The Hall–Kier alpha value is -2.53. The van der Waals surface area contributed by atoms with Crippen LogP contribution >= 0.6 is 0 Å². The average Bonchev–Trinajstić information content (AvgIpc) is 2.72. The molecule has 10 heteroatoms. The molecule has 0 aromatic heterocycles. The van der Waals surface area contributed by atoms with E-state index in [1.807, 2.05) is 6.92 Å². The molecule has 0 radical (unpaired) electrons. The van der Waals surface area contributed by atoms with Crippen molar-refractivity contribution >= 4 is 17.9 Å². The monoisotopic (exact) mass is 466 g/mol. The number of aliphatic hydroxyl groups excluding tert-OH is 4. The summed E-state index contributed by atoms with van der Waals surface area (Å²) in [5, 5.41) is 57.7. The van der Waals surface area contributed by atoms with E-state index in [0.717, 1.165) is 12.8 Å². The summed E-state index contributed by atoms with van der Waals surface area (Å²) >= 11 is 0. The summed E-state index contributed by atoms with van der Waals surface area (Å²) in [6.07, 6.45) is 2.63. The van der Waals surface area contributed by atoms with Crippen molar-refractivity contribution in [2.24, 2.45) is 5.41 Å². The van der Waals surface area contributed by atoms with Crippen LogP contribution in [-0.4, -0.2) is 80.1 Å². The number of carbonyl (C=O) groups is 3. The van der Waals surface area contributed by atoms with Gasteiger partial charge in [-0.2, -0.15) is 0 Å². The van der Waals surface area contributed by atoms with Gasteiger partial charge in [-0.1, -0.05) is 40.0 Å². The first-order chi connectivity index (χ1) is 14.6. The molecular formula is C22H42O10.